The van der Waals surface area contributed by atoms with Gasteiger partial charge in [-0.1, -0.05) is 77.4 Å². The Hall–Kier alpha value is -1.32. The Labute approximate surface area is 173 Å². The zero-order valence-corrected chi connectivity index (χ0v) is 18.4. The maximum atomic E-state index is 12.0. The lowest BCUT2D eigenvalue weighted by Crippen LogP contribution is -2.17. The van der Waals surface area contributed by atoms with Gasteiger partial charge >= 0.3 is 11.9 Å². The van der Waals surface area contributed by atoms with Crippen molar-refractivity contribution in [2.45, 2.75) is 129 Å². The van der Waals surface area contributed by atoms with Gasteiger partial charge in [0.1, 0.15) is 6.10 Å². The molecule has 1 N–H and O–H groups in total. The molecule has 0 aromatic rings. The number of hydrogen-bond donors (Lipinski definition) is 1. The number of hydrogen-bond acceptors (Lipinski definition) is 3. The maximum absolute atomic E-state index is 12.0. The van der Waals surface area contributed by atoms with E-state index in [0.717, 1.165) is 77.0 Å². The quantitative estimate of drug-likeness (QED) is 0.134. The van der Waals surface area contributed by atoms with Crippen LogP contribution in [-0.2, 0) is 14.3 Å². The minimum absolute atomic E-state index is 0.0262. The maximum Gasteiger partial charge on any atom is 0.306 e. The molecule has 0 heterocycles. The van der Waals surface area contributed by atoms with Crippen molar-refractivity contribution >= 4 is 11.9 Å². The average molecular weight is 397 g/mol. The molecular weight excluding hydrogens is 352 g/mol. The van der Waals surface area contributed by atoms with Crippen LogP contribution >= 0.6 is 0 Å². The fraction of sp³-hybridized carbons (Fsp3) is 0.833. The highest BCUT2D eigenvalue weighted by Crippen LogP contribution is 2.15. The van der Waals surface area contributed by atoms with E-state index >= 15 is 0 Å². The van der Waals surface area contributed by atoms with Crippen molar-refractivity contribution in [1.82, 2.24) is 0 Å². The summed E-state index contributed by atoms with van der Waals surface area (Å²) in [6, 6.07) is 0. The number of unbranched alkanes of at least 4 members (excludes halogenated alkanes) is 10. The molecule has 4 nitrogen and oxygen atoms in total. The first kappa shape index (κ1) is 26.7. The fourth-order valence-electron chi connectivity index (χ4n) is 3.22. The number of carboxylic acids is 1. The summed E-state index contributed by atoms with van der Waals surface area (Å²) in [4.78, 5) is 22.5. The number of rotatable bonds is 20. The van der Waals surface area contributed by atoms with Crippen molar-refractivity contribution in [3.05, 3.63) is 12.2 Å². The molecule has 164 valence electrons. The number of carboxylic acid groups (broad SMARTS) is 1. The van der Waals surface area contributed by atoms with E-state index in [-0.39, 0.29) is 18.5 Å². The molecule has 0 aromatic carbocycles. The van der Waals surface area contributed by atoms with Gasteiger partial charge in [-0.05, 0) is 38.5 Å². The van der Waals surface area contributed by atoms with Gasteiger partial charge in [0.15, 0.2) is 0 Å². The topological polar surface area (TPSA) is 63.6 Å². The van der Waals surface area contributed by atoms with E-state index in [1.54, 1.807) is 0 Å². The highest BCUT2D eigenvalue weighted by Gasteiger charge is 2.12. The van der Waals surface area contributed by atoms with Crippen LogP contribution in [0.15, 0.2) is 12.2 Å². The van der Waals surface area contributed by atoms with E-state index in [9.17, 15) is 9.59 Å². The van der Waals surface area contributed by atoms with Crippen molar-refractivity contribution in [1.29, 1.82) is 0 Å². The van der Waals surface area contributed by atoms with E-state index in [0.29, 0.717) is 6.42 Å². The summed E-state index contributed by atoms with van der Waals surface area (Å²) < 4.78 is 5.73. The zero-order chi connectivity index (χ0) is 20.9. The Kier molecular flexibility index (Phi) is 19.5. The van der Waals surface area contributed by atoms with Crippen LogP contribution in [0.25, 0.3) is 0 Å². The van der Waals surface area contributed by atoms with E-state index < -0.39 is 5.97 Å². The van der Waals surface area contributed by atoms with Gasteiger partial charge < -0.3 is 9.84 Å². The molecule has 0 rings (SSSR count). The van der Waals surface area contributed by atoms with Gasteiger partial charge in [-0.15, -0.1) is 0 Å². The molecule has 28 heavy (non-hydrogen) atoms. The second kappa shape index (κ2) is 20.4. The van der Waals surface area contributed by atoms with Gasteiger partial charge in [0.05, 0.1) is 0 Å². The zero-order valence-electron chi connectivity index (χ0n) is 18.4. The monoisotopic (exact) mass is 396 g/mol. The Morgan fingerprint density at radius 2 is 1.39 bits per heavy atom. The summed E-state index contributed by atoms with van der Waals surface area (Å²) in [6.07, 6.45) is 21.2. The van der Waals surface area contributed by atoms with Crippen LogP contribution in [-0.4, -0.2) is 23.1 Å². The van der Waals surface area contributed by atoms with Crippen molar-refractivity contribution < 1.29 is 19.4 Å². The van der Waals surface area contributed by atoms with Crippen LogP contribution < -0.4 is 0 Å². The van der Waals surface area contributed by atoms with E-state index in [1.165, 1.54) is 19.3 Å². The Bertz CT molecular complexity index is 403. The number of allylic oxidation sites excluding steroid dienone is 1. The lowest BCUT2D eigenvalue weighted by atomic mass is 10.1. The fourth-order valence-corrected chi connectivity index (χ4v) is 3.22. The smallest absolute Gasteiger partial charge is 0.306 e. The molecule has 0 radical (unpaired) electrons. The van der Waals surface area contributed by atoms with Crippen LogP contribution in [0.4, 0.5) is 0 Å². The molecule has 0 aliphatic rings. The highest BCUT2D eigenvalue weighted by atomic mass is 16.5. The van der Waals surface area contributed by atoms with Gasteiger partial charge in [0, 0.05) is 19.3 Å². The molecule has 1 atom stereocenters. The summed E-state index contributed by atoms with van der Waals surface area (Å²) in [7, 11) is 0. The van der Waals surface area contributed by atoms with Crippen LogP contribution in [0.3, 0.4) is 0 Å². The normalized spacial score (nSPS) is 12.4. The highest BCUT2D eigenvalue weighted by molar-refractivity contribution is 5.69. The van der Waals surface area contributed by atoms with Crippen molar-refractivity contribution in [3.63, 3.8) is 0 Å². The molecule has 0 amide bonds. The van der Waals surface area contributed by atoms with Gasteiger partial charge in [-0.2, -0.15) is 0 Å². The first-order chi connectivity index (χ1) is 13.6. The number of esters is 1. The van der Waals surface area contributed by atoms with Gasteiger partial charge in [0.2, 0.25) is 0 Å². The summed E-state index contributed by atoms with van der Waals surface area (Å²) >= 11 is 0. The summed E-state index contributed by atoms with van der Waals surface area (Å²) in [6.45, 7) is 4.35. The van der Waals surface area contributed by atoms with Gasteiger partial charge in [0.25, 0.3) is 0 Å². The summed E-state index contributed by atoms with van der Waals surface area (Å²) in [5, 5.41) is 8.61. The van der Waals surface area contributed by atoms with Crippen LogP contribution in [0.5, 0.6) is 0 Å². The van der Waals surface area contributed by atoms with Crippen molar-refractivity contribution in [2.75, 3.05) is 0 Å². The second-order valence-electron chi connectivity index (χ2n) is 7.83. The van der Waals surface area contributed by atoms with Crippen molar-refractivity contribution in [3.8, 4) is 0 Å². The largest absolute Gasteiger partial charge is 0.481 e. The van der Waals surface area contributed by atoms with E-state index in [4.69, 9.17) is 9.84 Å². The third-order valence-corrected chi connectivity index (χ3v) is 4.99. The Balaban J connectivity index is 3.98. The molecule has 0 aliphatic carbocycles. The third kappa shape index (κ3) is 19.4. The van der Waals surface area contributed by atoms with E-state index in [1.807, 2.05) is 0 Å². The van der Waals surface area contributed by atoms with Gasteiger partial charge in [-0.3, -0.25) is 9.59 Å². The van der Waals surface area contributed by atoms with Crippen molar-refractivity contribution in [2.24, 2.45) is 0 Å². The number of aliphatic carboxylic acids is 1. The Morgan fingerprint density at radius 1 is 0.786 bits per heavy atom. The molecule has 0 saturated heterocycles. The van der Waals surface area contributed by atoms with E-state index in [2.05, 4.69) is 26.0 Å². The molecule has 0 aromatic heterocycles. The van der Waals surface area contributed by atoms with Crippen LogP contribution in [0.2, 0.25) is 0 Å². The molecule has 0 spiro atoms. The predicted molar refractivity (Wildman–Crippen MR) is 116 cm³/mol. The molecule has 0 bridgehead atoms. The molecule has 0 aliphatic heterocycles. The predicted octanol–water partition coefficient (Wildman–Crippen LogP) is 7.21. The molecular formula is C24H44O4. The first-order valence-electron chi connectivity index (χ1n) is 11.7. The SMILES string of the molecule is CCCCCCC(CC=CCCCCCCCC(=O)O)OC(=O)CCCCC. The molecule has 4 heteroatoms. The van der Waals surface area contributed by atoms with Gasteiger partial charge in [-0.25, -0.2) is 0 Å². The molecule has 1 unspecified atom stereocenters. The standard InChI is InChI=1S/C24H44O4/c1-3-5-7-15-18-22(28-24(27)21-14-6-4-2)19-16-12-10-8-9-11-13-17-20-23(25)26/h12,16,22H,3-11,13-15,17-21H2,1-2H3,(H,25,26). The number of ether oxygens (including phenoxy) is 1. The average Bonchev–Trinajstić information content (AvgIpc) is 2.66. The third-order valence-electron chi connectivity index (χ3n) is 4.99. The molecule has 0 saturated carbocycles. The first-order valence-corrected chi connectivity index (χ1v) is 11.7. The number of carbonyl (C=O) groups is 2. The minimum Gasteiger partial charge on any atom is -0.481 e. The second-order valence-corrected chi connectivity index (χ2v) is 7.83. The van der Waals surface area contributed by atoms with Crippen LogP contribution in [0, 0.1) is 0 Å². The lowest BCUT2D eigenvalue weighted by molar-refractivity contribution is -0.149. The lowest BCUT2D eigenvalue weighted by Gasteiger charge is -2.16. The number of carbonyl (C=O) groups excluding carboxylic acids is 1. The summed E-state index contributed by atoms with van der Waals surface area (Å²) in [5.74, 6) is -0.734. The minimum atomic E-state index is -0.696. The van der Waals surface area contributed by atoms with Crippen LogP contribution in [0.1, 0.15) is 123 Å². The summed E-state index contributed by atoms with van der Waals surface area (Å²) in [5.41, 5.74) is 0. The Morgan fingerprint density at radius 3 is 2.11 bits per heavy atom. The molecule has 0 fully saturated rings.